The lowest BCUT2D eigenvalue weighted by Crippen LogP contribution is -2.49. The van der Waals surface area contributed by atoms with Gasteiger partial charge in [0, 0.05) is 57.0 Å². The second kappa shape index (κ2) is 11.3. The van der Waals surface area contributed by atoms with Crippen LogP contribution in [0.1, 0.15) is 59.8 Å². The molecule has 2 N–H and O–H groups in total. The van der Waals surface area contributed by atoms with Crippen molar-refractivity contribution in [1.82, 2.24) is 16.0 Å². The molecule has 0 fully saturated rings. The van der Waals surface area contributed by atoms with Gasteiger partial charge in [-0.25, -0.2) is 0 Å². The molecule has 1 rings (SSSR count). The maximum absolute atomic E-state index is 12.1. The standard InChI is InChI=1S/C17H35N3O2S2/c1-16(2)8-5-12-23(21)14-7-15-24(22)13-6-9-17(3,4)20-11-10-18-19-20/h10-11,16,18-19H,5-9,12-15H2,1-4H3. The number of hydrogen-bond donors (Lipinski definition) is 2. The molecule has 0 aromatic carbocycles. The molecule has 0 amide bonds. The maximum atomic E-state index is 12.1. The van der Waals surface area contributed by atoms with Gasteiger partial charge < -0.3 is 5.43 Å². The highest BCUT2D eigenvalue weighted by Crippen LogP contribution is 2.20. The van der Waals surface area contributed by atoms with E-state index in [0.29, 0.717) is 17.4 Å². The first kappa shape index (κ1) is 21.6. The van der Waals surface area contributed by atoms with Crippen LogP contribution in [0.25, 0.3) is 0 Å². The number of hydrogen-bond acceptors (Lipinski definition) is 5. The fraction of sp³-hybridized carbons (Fsp3) is 0.882. The van der Waals surface area contributed by atoms with Crippen molar-refractivity contribution in [2.75, 3.05) is 23.0 Å². The highest BCUT2D eigenvalue weighted by molar-refractivity contribution is 7.85. The van der Waals surface area contributed by atoms with Crippen LogP contribution in [0.3, 0.4) is 0 Å². The third kappa shape index (κ3) is 9.18. The molecule has 2 atom stereocenters. The van der Waals surface area contributed by atoms with Crippen LogP contribution in [-0.2, 0) is 21.6 Å². The molecule has 142 valence electrons. The zero-order valence-corrected chi connectivity index (χ0v) is 17.3. The quantitative estimate of drug-likeness (QED) is 0.517. The Bertz CT molecular complexity index is 440. The predicted octanol–water partition coefficient (Wildman–Crippen LogP) is 2.66. The lowest BCUT2D eigenvalue weighted by Gasteiger charge is -2.34. The highest BCUT2D eigenvalue weighted by Gasteiger charge is 2.25. The molecule has 2 unspecified atom stereocenters. The summed E-state index contributed by atoms with van der Waals surface area (Å²) >= 11 is 0. The van der Waals surface area contributed by atoms with Crippen molar-refractivity contribution >= 4 is 21.6 Å². The van der Waals surface area contributed by atoms with Crippen LogP contribution in [0.15, 0.2) is 12.4 Å². The zero-order chi connectivity index (χ0) is 18.0. The van der Waals surface area contributed by atoms with Crippen LogP contribution >= 0.6 is 0 Å². The Balaban J connectivity index is 2.07. The van der Waals surface area contributed by atoms with Crippen molar-refractivity contribution in [3.63, 3.8) is 0 Å². The Kier molecular flexibility index (Phi) is 10.2. The summed E-state index contributed by atoms with van der Waals surface area (Å²) in [7, 11) is -1.53. The van der Waals surface area contributed by atoms with Crippen LogP contribution in [0.4, 0.5) is 0 Å². The second-order valence-corrected chi connectivity index (χ2v) is 10.8. The average molecular weight is 378 g/mol. The molecule has 0 aliphatic carbocycles. The van der Waals surface area contributed by atoms with Gasteiger partial charge in [-0.1, -0.05) is 20.3 Å². The van der Waals surface area contributed by atoms with Crippen LogP contribution in [0, 0.1) is 5.92 Å². The lowest BCUT2D eigenvalue weighted by molar-refractivity contribution is 0.112. The predicted molar refractivity (Wildman–Crippen MR) is 105 cm³/mol. The molecule has 0 radical (unpaired) electrons. The molecule has 0 saturated carbocycles. The first-order chi connectivity index (χ1) is 11.3. The lowest BCUT2D eigenvalue weighted by atomic mass is 9.98. The van der Waals surface area contributed by atoms with Gasteiger partial charge in [0.25, 0.3) is 0 Å². The van der Waals surface area contributed by atoms with Crippen molar-refractivity contribution < 1.29 is 8.42 Å². The minimum Gasteiger partial charge on any atom is -0.310 e. The van der Waals surface area contributed by atoms with Gasteiger partial charge in [-0.2, -0.15) is 0 Å². The van der Waals surface area contributed by atoms with Crippen molar-refractivity contribution in [3.05, 3.63) is 12.4 Å². The molecular weight excluding hydrogens is 342 g/mol. The maximum Gasteiger partial charge on any atom is 0.0519 e. The van der Waals surface area contributed by atoms with Gasteiger partial charge in [0.05, 0.1) is 5.54 Å². The molecular formula is C17H35N3O2S2. The topological polar surface area (TPSA) is 61.4 Å². The largest absolute Gasteiger partial charge is 0.310 e. The van der Waals surface area contributed by atoms with Crippen LogP contribution < -0.4 is 11.0 Å². The molecule has 1 heterocycles. The van der Waals surface area contributed by atoms with Crippen LogP contribution in [0.5, 0.6) is 0 Å². The van der Waals surface area contributed by atoms with Gasteiger partial charge in [-0.05, 0) is 45.4 Å². The summed E-state index contributed by atoms with van der Waals surface area (Å²) in [6, 6.07) is 0. The SMILES string of the molecule is CC(C)CCCS(=O)CCCS(=O)CCCC(C)(C)N1C=CNN1. The Morgan fingerprint density at radius 3 is 2.12 bits per heavy atom. The summed E-state index contributed by atoms with van der Waals surface area (Å²) in [6.45, 7) is 8.72. The summed E-state index contributed by atoms with van der Waals surface area (Å²) in [4.78, 5) is 0. The summed E-state index contributed by atoms with van der Waals surface area (Å²) in [5, 5.41) is 2.04. The van der Waals surface area contributed by atoms with E-state index in [1.54, 1.807) is 0 Å². The number of rotatable bonds is 13. The Labute approximate surface area is 152 Å². The van der Waals surface area contributed by atoms with Gasteiger partial charge in [0.2, 0.25) is 0 Å². The van der Waals surface area contributed by atoms with Gasteiger partial charge in [0.1, 0.15) is 0 Å². The smallest absolute Gasteiger partial charge is 0.0519 e. The van der Waals surface area contributed by atoms with Crippen LogP contribution in [-0.4, -0.2) is 42.0 Å². The first-order valence-corrected chi connectivity index (χ1v) is 12.0. The van der Waals surface area contributed by atoms with E-state index >= 15 is 0 Å². The van der Waals surface area contributed by atoms with Gasteiger partial charge in [0.15, 0.2) is 0 Å². The third-order valence-corrected chi connectivity index (χ3v) is 7.18. The minimum absolute atomic E-state index is 0.0118. The molecule has 24 heavy (non-hydrogen) atoms. The van der Waals surface area contributed by atoms with E-state index in [1.165, 1.54) is 0 Å². The molecule has 7 heteroatoms. The van der Waals surface area contributed by atoms with Crippen molar-refractivity contribution in [3.8, 4) is 0 Å². The fourth-order valence-electron chi connectivity index (χ4n) is 2.63. The van der Waals surface area contributed by atoms with E-state index in [4.69, 9.17) is 0 Å². The number of nitrogens with zero attached hydrogens (tertiary/aromatic N) is 1. The van der Waals surface area contributed by atoms with Crippen molar-refractivity contribution in [1.29, 1.82) is 0 Å². The van der Waals surface area contributed by atoms with Crippen molar-refractivity contribution in [2.45, 2.75) is 65.3 Å². The molecule has 5 nitrogen and oxygen atoms in total. The summed E-state index contributed by atoms with van der Waals surface area (Å²) in [6.07, 6.45) is 8.74. The van der Waals surface area contributed by atoms with Crippen LogP contribution in [0.2, 0.25) is 0 Å². The summed E-state index contributed by atoms with van der Waals surface area (Å²) in [5.74, 6) is 3.59. The minimum atomic E-state index is -0.793. The van der Waals surface area contributed by atoms with Gasteiger partial charge in [-0.15, -0.1) is 5.53 Å². The Morgan fingerprint density at radius 1 is 1.00 bits per heavy atom. The van der Waals surface area contributed by atoms with Crippen molar-refractivity contribution in [2.24, 2.45) is 5.92 Å². The molecule has 0 spiro atoms. The zero-order valence-electron chi connectivity index (χ0n) is 15.7. The summed E-state index contributed by atoms with van der Waals surface area (Å²) < 4.78 is 24.0. The highest BCUT2D eigenvalue weighted by atomic mass is 32.2. The van der Waals surface area contributed by atoms with Gasteiger partial charge in [-0.3, -0.25) is 13.4 Å². The number of nitrogens with one attached hydrogen (secondary N) is 2. The average Bonchev–Trinajstić information content (AvgIpc) is 3.01. The van der Waals surface area contributed by atoms with E-state index in [9.17, 15) is 8.42 Å². The molecule has 1 aliphatic heterocycles. The second-order valence-electron chi connectivity index (χ2n) is 7.44. The third-order valence-electron chi connectivity index (χ3n) is 4.20. The van der Waals surface area contributed by atoms with E-state index in [-0.39, 0.29) is 5.54 Å². The molecule has 0 bridgehead atoms. The first-order valence-electron chi connectivity index (χ1n) is 8.98. The van der Waals surface area contributed by atoms with E-state index < -0.39 is 21.6 Å². The van der Waals surface area contributed by atoms with E-state index in [1.807, 2.05) is 17.4 Å². The molecule has 0 saturated heterocycles. The molecule has 0 aromatic heterocycles. The molecule has 1 aliphatic rings. The fourth-order valence-corrected chi connectivity index (χ4v) is 5.11. The van der Waals surface area contributed by atoms with E-state index in [0.717, 1.165) is 43.6 Å². The number of hydrazine groups is 2. The van der Waals surface area contributed by atoms with Gasteiger partial charge >= 0.3 is 0 Å². The molecule has 0 aromatic rings. The van der Waals surface area contributed by atoms with E-state index in [2.05, 4.69) is 38.7 Å². The monoisotopic (exact) mass is 377 g/mol. The normalized spacial score (nSPS) is 17.3. The summed E-state index contributed by atoms with van der Waals surface area (Å²) in [5.41, 5.74) is 6.00. The Morgan fingerprint density at radius 2 is 1.58 bits per heavy atom. The Hall–Kier alpha value is -0.400.